The van der Waals surface area contributed by atoms with Crippen molar-refractivity contribution in [2.24, 2.45) is 0 Å². The zero-order chi connectivity index (χ0) is 17.4. The van der Waals surface area contributed by atoms with Crippen LogP contribution in [0, 0.1) is 10.1 Å². The van der Waals surface area contributed by atoms with Crippen molar-refractivity contribution >= 4 is 23.2 Å². The third-order valence-electron chi connectivity index (χ3n) is 3.12. The minimum absolute atomic E-state index is 0.0365. The van der Waals surface area contributed by atoms with Crippen LogP contribution in [0.4, 0.5) is 17.2 Å². The second-order valence-electron chi connectivity index (χ2n) is 4.78. The monoisotopic (exact) mass is 330 g/mol. The van der Waals surface area contributed by atoms with Crippen LogP contribution in [-0.4, -0.2) is 35.6 Å². The summed E-state index contributed by atoms with van der Waals surface area (Å²) >= 11 is 0. The summed E-state index contributed by atoms with van der Waals surface area (Å²) in [5, 5.41) is 17.0. The molecule has 1 heterocycles. The highest BCUT2D eigenvalue weighted by Gasteiger charge is 2.11. The van der Waals surface area contributed by atoms with E-state index >= 15 is 0 Å². The minimum atomic E-state index is -0.425. The van der Waals surface area contributed by atoms with Gasteiger partial charge >= 0.3 is 5.97 Å². The van der Waals surface area contributed by atoms with E-state index in [-0.39, 0.29) is 5.69 Å². The number of carbonyl (C=O) groups excluding carboxylic acids is 1. The van der Waals surface area contributed by atoms with E-state index in [1.54, 1.807) is 37.3 Å². The second-order valence-corrected chi connectivity index (χ2v) is 4.78. The lowest BCUT2D eigenvalue weighted by Gasteiger charge is -2.09. The van der Waals surface area contributed by atoms with Gasteiger partial charge in [-0.3, -0.25) is 10.1 Å². The standard InChI is InChI=1S/C16H18N4O4/c1-2-24-16(21)12-7-8-15(19-11-12)18-10-9-17-13-5-3-4-6-14(13)20(22)23/h3-8,11,17H,2,9-10H2,1H3,(H,18,19). The number of rotatable bonds is 8. The van der Waals surface area contributed by atoms with E-state index in [4.69, 9.17) is 4.74 Å². The number of pyridine rings is 1. The molecule has 2 rings (SSSR count). The molecule has 0 atom stereocenters. The van der Waals surface area contributed by atoms with Crippen LogP contribution in [0.3, 0.4) is 0 Å². The number of nitrogens with zero attached hydrogens (tertiary/aromatic N) is 2. The Kier molecular flexibility index (Phi) is 6.07. The topological polar surface area (TPSA) is 106 Å². The molecule has 24 heavy (non-hydrogen) atoms. The van der Waals surface area contributed by atoms with Crippen LogP contribution in [0.25, 0.3) is 0 Å². The number of aromatic nitrogens is 1. The molecule has 0 aliphatic heterocycles. The third kappa shape index (κ3) is 4.67. The summed E-state index contributed by atoms with van der Waals surface area (Å²) in [5.74, 6) is 0.196. The highest BCUT2D eigenvalue weighted by atomic mass is 16.6. The SMILES string of the molecule is CCOC(=O)c1ccc(NCCNc2ccccc2[N+](=O)[O-])nc1. The van der Waals surface area contributed by atoms with Gasteiger partial charge in [-0.05, 0) is 25.1 Å². The Morgan fingerprint density at radius 2 is 1.96 bits per heavy atom. The van der Waals surface area contributed by atoms with Gasteiger partial charge in [-0.2, -0.15) is 0 Å². The zero-order valence-corrected chi connectivity index (χ0v) is 13.2. The molecule has 0 fully saturated rings. The molecule has 0 aliphatic rings. The molecule has 0 bridgehead atoms. The van der Waals surface area contributed by atoms with Crippen molar-refractivity contribution in [2.75, 3.05) is 30.3 Å². The second kappa shape index (κ2) is 8.47. The summed E-state index contributed by atoms with van der Waals surface area (Å²) in [6.07, 6.45) is 1.44. The number of para-hydroxylation sites is 2. The average Bonchev–Trinajstić information content (AvgIpc) is 2.59. The predicted octanol–water partition coefficient (Wildman–Crippen LogP) is 2.69. The number of hydrogen-bond acceptors (Lipinski definition) is 7. The average molecular weight is 330 g/mol. The molecule has 2 N–H and O–H groups in total. The Hall–Kier alpha value is -3.16. The lowest BCUT2D eigenvalue weighted by Crippen LogP contribution is -2.15. The van der Waals surface area contributed by atoms with Crippen molar-refractivity contribution in [3.05, 3.63) is 58.3 Å². The number of nitro groups is 1. The van der Waals surface area contributed by atoms with Crippen LogP contribution in [-0.2, 0) is 4.74 Å². The van der Waals surface area contributed by atoms with E-state index in [2.05, 4.69) is 15.6 Å². The molecule has 126 valence electrons. The fraction of sp³-hybridized carbons (Fsp3) is 0.250. The number of nitrogens with one attached hydrogen (secondary N) is 2. The van der Waals surface area contributed by atoms with Crippen LogP contribution < -0.4 is 10.6 Å². The van der Waals surface area contributed by atoms with Gasteiger partial charge in [0.15, 0.2) is 0 Å². The van der Waals surface area contributed by atoms with Gasteiger partial charge in [-0.15, -0.1) is 0 Å². The smallest absolute Gasteiger partial charge is 0.339 e. The van der Waals surface area contributed by atoms with E-state index in [1.807, 2.05) is 0 Å². The normalized spacial score (nSPS) is 10.0. The Labute approximate surface area is 139 Å². The van der Waals surface area contributed by atoms with Crippen LogP contribution in [0.15, 0.2) is 42.6 Å². The van der Waals surface area contributed by atoms with Crippen molar-refractivity contribution in [1.29, 1.82) is 0 Å². The summed E-state index contributed by atoms with van der Waals surface area (Å²) in [6.45, 7) is 3.05. The first-order valence-electron chi connectivity index (χ1n) is 7.46. The number of hydrogen-bond donors (Lipinski definition) is 2. The van der Waals surface area contributed by atoms with E-state index in [9.17, 15) is 14.9 Å². The van der Waals surface area contributed by atoms with Gasteiger partial charge in [0.05, 0.1) is 17.1 Å². The summed E-state index contributed by atoms with van der Waals surface area (Å²) in [4.78, 5) is 26.1. The Bertz CT molecular complexity index is 703. The van der Waals surface area contributed by atoms with Crippen LogP contribution in [0.5, 0.6) is 0 Å². The molecule has 0 aliphatic carbocycles. The maximum atomic E-state index is 11.5. The quantitative estimate of drug-likeness (QED) is 0.332. The molecule has 0 amide bonds. The number of anilines is 2. The maximum Gasteiger partial charge on any atom is 0.339 e. The van der Waals surface area contributed by atoms with Crippen LogP contribution in [0.2, 0.25) is 0 Å². The van der Waals surface area contributed by atoms with Crippen molar-refractivity contribution in [1.82, 2.24) is 4.98 Å². The molecule has 0 saturated carbocycles. The largest absolute Gasteiger partial charge is 0.462 e. The fourth-order valence-corrected chi connectivity index (χ4v) is 2.00. The van der Waals surface area contributed by atoms with Crippen LogP contribution >= 0.6 is 0 Å². The zero-order valence-electron chi connectivity index (χ0n) is 13.2. The number of ether oxygens (including phenoxy) is 1. The first kappa shape index (κ1) is 17.2. The summed E-state index contributed by atoms with van der Waals surface area (Å²) < 4.78 is 4.88. The highest BCUT2D eigenvalue weighted by molar-refractivity contribution is 5.89. The van der Waals surface area contributed by atoms with E-state index in [0.717, 1.165) is 0 Å². The molecule has 0 radical (unpaired) electrons. The number of nitro benzene ring substituents is 1. The molecule has 0 unspecified atom stereocenters. The number of carbonyl (C=O) groups is 1. The van der Waals surface area contributed by atoms with Gasteiger partial charge in [0.1, 0.15) is 11.5 Å². The Morgan fingerprint density at radius 1 is 1.21 bits per heavy atom. The lowest BCUT2D eigenvalue weighted by molar-refractivity contribution is -0.384. The lowest BCUT2D eigenvalue weighted by atomic mass is 10.2. The summed E-state index contributed by atoms with van der Waals surface area (Å²) in [7, 11) is 0. The van der Waals surface area contributed by atoms with Gasteiger partial charge < -0.3 is 15.4 Å². The van der Waals surface area contributed by atoms with Gasteiger partial charge in [-0.1, -0.05) is 12.1 Å². The number of esters is 1. The molecular weight excluding hydrogens is 312 g/mol. The third-order valence-corrected chi connectivity index (χ3v) is 3.12. The molecule has 2 aromatic rings. The summed E-state index contributed by atoms with van der Waals surface area (Å²) in [5.41, 5.74) is 0.893. The van der Waals surface area contributed by atoms with Gasteiger partial charge in [0.25, 0.3) is 5.69 Å². The first-order valence-corrected chi connectivity index (χ1v) is 7.46. The molecule has 0 saturated heterocycles. The molecule has 1 aromatic carbocycles. The van der Waals surface area contributed by atoms with Crippen molar-refractivity contribution in [3.63, 3.8) is 0 Å². The van der Waals surface area contributed by atoms with Crippen molar-refractivity contribution < 1.29 is 14.5 Å². The summed E-state index contributed by atoms with van der Waals surface area (Å²) in [6, 6.07) is 9.77. The number of benzene rings is 1. The molecule has 8 nitrogen and oxygen atoms in total. The fourth-order valence-electron chi connectivity index (χ4n) is 2.00. The predicted molar refractivity (Wildman–Crippen MR) is 90.3 cm³/mol. The molecule has 1 aromatic heterocycles. The van der Waals surface area contributed by atoms with E-state index in [1.165, 1.54) is 12.3 Å². The van der Waals surface area contributed by atoms with E-state index in [0.29, 0.717) is 36.8 Å². The van der Waals surface area contributed by atoms with Gasteiger partial charge in [0, 0.05) is 25.4 Å². The van der Waals surface area contributed by atoms with Gasteiger partial charge in [-0.25, -0.2) is 9.78 Å². The Balaban J connectivity index is 1.83. The first-order chi connectivity index (χ1) is 11.6. The van der Waals surface area contributed by atoms with E-state index < -0.39 is 10.9 Å². The molecular formula is C16H18N4O4. The highest BCUT2D eigenvalue weighted by Crippen LogP contribution is 2.22. The Morgan fingerprint density at radius 3 is 2.62 bits per heavy atom. The molecule has 0 spiro atoms. The van der Waals surface area contributed by atoms with Crippen molar-refractivity contribution in [3.8, 4) is 0 Å². The van der Waals surface area contributed by atoms with Gasteiger partial charge in [0.2, 0.25) is 0 Å². The van der Waals surface area contributed by atoms with Crippen LogP contribution in [0.1, 0.15) is 17.3 Å². The maximum absolute atomic E-state index is 11.5. The minimum Gasteiger partial charge on any atom is -0.462 e. The molecule has 8 heteroatoms. The van der Waals surface area contributed by atoms with Crippen molar-refractivity contribution in [2.45, 2.75) is 6.92 Å².